The highest BCUT2D eigenvalue weighted by Gasteiger charge is 2.70. The van der Waals surface area contributed by atoms with Crippen LogP contribution in [0, 0.1) is 56.2 Å². The summed E-state index contributed by atoms with van der Waals surface area (Å²) in [7, 11) is 0. The van der Waals surface area contributed by atoms with Gasteiger partial charge in [-0.05, 0) is 114 Å². The topological polar surface area (TPSA) is 17.1 Å². The van der Waals surface area contributed by atoms with Crippen molar-refractivity contribution in [3.8, 4) is 0 Å². The largest absolute Gasteiger partial charge is 0.299 e. The summed E-state index contributed by atoms with van der Waals surface area (Å²) in [6.07, 6.45) is 14.6. The highest BCUT2D eigenvalue weighted by atomic mass is 16.1. The van der Waals surface area contributed by atoms with Crippen molar-refractivity contribution >= 4 is 5.78 Å². The molecule has 0 bridgehead atoms. The van der Waals surface area contributed by atoms with Gasteiger partial charge in [-0.25, -0.2) is 0 Å². The van der Waals surface area contributed by atoms with Crippen LogP contribution in [0.1, 0.15) is 126 Å². The summed E-state index contributed by atoms with van der Waals surface area (Å²) in [6.45, 7) is 20.7. The zero-order chi connectivity index (χ0) is 22.7. The van der Waals surface area contributed by atoms with Crippen molar-refractivity contribution in [3.05, 3.63) is 0 Å². The predicted molar refractivity (Wildman–Crippen MR) is 130 cm³/mol. The average molecular weight is 427 g/mol. The summed E-state index contributed by atoms with van der Waals surface area (Å²) < 4.78 is 0. The Morgan fingerprint density at radius 3 is 1.97 bits per heavy atom. The maximum absolute atomic E-state index is 12.7. The van der Waals surface area contributed by atoms with Crippen LogP contribution in [0.15, 0.2) is 0 Å². The maximum Gasteiger partial charge on any atom is 0.136 e. The zero-order valence-corrected chi connectivity index (χ0v) is 22.0. The molecule has 0 aromatic carbocycles. The Hall–Kier alpha value is -0.330. The van der Waals surface area contributed by atoms with Crippen LogP contribution in [0.4, 0.5) is 0 Å². The maximum atomic E-state index is 12.7. The van der Waals surface area contributed by atoms with E-state index in [0.717, 1.165) is 30.6 Å². The van der Waals surface area contributed by atoms with Crippen molar-refractivity contribution in [2.45, 2.75) is 126 Å². The van der Waals surface area contributed by atoms with E-state index in [1.807, 2.05) is 0 Å². The van der Waals surface area contributed by atoms with Crippen molar-refractivity contribution in [2.24, 2.45) is 56.2 Å². The first-order valence-corrected chi connectivity index (χ1v) is 13.7. The molecule has 0 aliphatic heterocycles. The third-order valence-corrected chi connectivity index (χ3v) is 13.7. The Labute approximate surface area is 192 Å². The summed E-state index contributed by atoms with van der Waals surface area (Å²) in [4.78, 5) is 12.7. The molecule has 5 aliphatic carbocycles. The Balaban J connectivity index is 1.55. The molecule has 0 radical (unpaired) electrons. The van der Waals surface area contributed by atoms with Crippen LogP contribution in [-0.4, -0.2) is 5.78 Å². The molecular formula is C30H50O. The molecule has 0 heterocycles. The van der Waals surface area contributed by atoms with E-state index in [0.29, 0.717) is 32.9 Å². The van der Waals surface area contributed by atoms with Gasteiger partial charge < -0.3 is 0 Å². The first-order chi connectivity index (χ1) is 14.2. The number of carbonyl (C=O) groups excluding carboxylic acids is 1. The fourth-order valence-electron chi connectivity index (χ4n) is 11.2. The minimum Gasteiger partial charge on any atom is -0.299 e. The van der Waals surface area contributed by atoms with Gasteiger partial charge in [-0.1, -0.05) is 55.4 Å². The molecule has 1 nitrogen and oxygen atoms in total. The highest BCUT2D eigenvalue weighted by Crippen LogP contribution is 2.78. The summed E-state index contributed by atoms with van der Waals surface area (Å²) >= 11 is 0. The second kappa shape index (κ2) is 6.41. The molecule has 9 atom stereocenters. The fourth-order valence-corrected chi connectivity index (χ4v) is 11.2. The Morgan fingerprint density at radius 1 is 0.645 bits per heavy atom. The van der Waals surface area contributed by atoms with Crippen molar-refractivity contribution < 1.29 is 4.79 Å². The number of rotatable bonds is 0. The van der Waals surface area contributed by atoms with Crippen molar-refractivity contribution in [1.82, 2.24) is 0 Å². The SMILES string of the molecule is C[C@H]1C(=O)CC[C@@H]2[C@@]1(C)CC[C@H]1[C@]2(C)CC[C@]2(C)[C@H]3CC(C)(C)CC[C@@]3(C)CC[C@]12C. The molecule has 0 spiro atoms. The van der Waals surface area contributed by atoms with E-state index in [2.05, 4.69) is 55.4 Å². The molecule has 31 heavy (non-hydrogen) atoms. The highest BCUT2D eigenvalue weighted by molar-refractivity contribution is 5.82. The van der Waals surface area contributed by atoms with Gasteiger partial charge >= 0.3 is 0 Å². The lowest BCUT2D eigenvalue weighted by Crippen LogP contribution is -2.67. The van der Waals surface area contributed by atoms with Gasteiger partial charge in [0.25, 0.3) is 0 Å². The third-order valence-electron chi connectivity index (χ3n) is 13.7. The molecular weight excluding hydrogens is 376 g/mol. The molecule has 5 fully saturated rings. The van der Waals surface area contributed by atoms with Crippen LogP contribution >= 0.6 is 0 Å². The number of carbonyl (C=O) groups is 1. The fraction of sp³-hybridized carbons (Fsp3) is 0.967. The minimum absolute atomic E-state index is 0.237. The smallest absolute Gasteiger partial charge is 0.136 e. The normalized spacial score (nSPS) is 58.5. The van der Waals surface area contributed by atoms with Gasteiger partial charge in [-0.2, -0.15) is 0 Å². The first-order valence-electron chi connectivity index (χ1n) is 13.7. The molecule has 5 aliphatic rings. The molecule has 0 aromatic rings. The van der Waals surface area contributed by atoms with Crippen molar-refractivity contribution in [1.29, 1.82) is 0 Å². The summed E-state index contributed by atoms with van der Waals surface area (Å²) in [5.74, 6) is 3.27. The van der Waals surface area contributed by atoms with E-state index in [1.54, 1.807) is 0 Å². The van der Waals surface area contributed by atoms with E-state index in [1.165, 1.54) is 57.8 Å². The molecule has 0 unspecified atom stereocenters. The molecule has 0 aromatic heterocycles. The first kappa shape index (κ1) is 22.5. The van der Waals surface area contributed by atoms with Crippen LogP contribution in [0.2, 0.25) is 0 Å². The van der Waals surface area contributed by atoms with E-state index in [-0.39, 0.29) is 11.3 Å². The molecule has 5 rings (SSSR count). The number of hydrogen-bond acceptors (Lipinski definition) is 1. The quantitative estimate of drug-likeness (QED) is 0.379. The third kappa shape index (κ3) is 2.70. The number of fused-ring (bicyclic) bond motifs is 7. The van der Waals surface area contributed by atoms with Gasteiger partial charge in [-0.3, -0.25) is 4.79 Å². The lowest BCUT2D eigenvalue weighted by molar-refractivity contribution is -0.256. The number of hydrogen-bond donors (Lipinski definition) is 0. The van der Waals surface area contributed by atoms with Gasteiger partial charge in [0.15, 0.2) is 0 Å². The summed E-state index contributed by atoms with van der Waals surface area (Å²) in [5, 5.41) is 0. The van der Waals surface area contributed by atoms with E-state index in [9.17, 15) is 4.79 Å². The molecule has 0 saturated heterocycles. The van der Waals surface area contributed by atoms with Gasteiger partial charge in [0.2, 0.25) is 0 Å². The van der Waals surface area contributed by atoms with Crippen LogP contribution in [0.5, 0.6) is 0 Å². The second-order valence-corrected chi connectivity index (χ2v) is 15.3. The van der Waals surface area contributed by atoms with E-state index >= 15 is 0 Å². The van der Waals surface area contributed by atoms with E-state index < -0.39 is 0 Å². The molecule has 0 amide bonds. The lowest BCUT2D eigenvalue weighted by Gasteiger charge is -2.74. The van der Waals surface area contributed by atoms with Gasteiger partial charge in [0.05, 0.1) is 0 Å². The van der Waals surface area contributed by atoms with Crippen LogP contribution in [0.3, 0.4) is 0 Å². The van der Waals surface area contributed by atoms with Gasteiger partial charge in [0, 0.05) is 12.3 Å². The Bertz CT molecular complexity index is 781. The van der Waals surface area contributed by atoms with Gasteiger partial charge in [-0.15, -0.1) is 0 Å². The Kier molecular flexibility index (Phi) is 4.65. The van der Waals surface area contributed by atoms with Crippen LogP contribution in [0.25, 0.3) is 0 Å². The van der Waals surface area contributed by atoms with Crippen molar-refractivity contribution in [3.63, 3.8) is 0 Å². The van der Waals surface area contributed by atoms with Crippen LogP contribution < -0.4 is 0 Å². The molecule has 5 saturated carbocycles. The lowest BCUT2D eigenvalue weighted by atomic mass is 9.30. The summed E-state index contributed by atoms with van der Waals surface area (Å²) in [6, 6.07) is 0. The number of Topliss-reactive ketones (excluding diaryl/α,β-unsaturated/α-hetero) is 1. The number of ketones is 1. The Morgan fingerprint density at radius 2 is 1.26 bits per heavy atom. The molecule has 0 N–H and O–H groups in total. The zero-order valence-electron chi connectivity index (χ0n) is 22.0. The predicted octanol–water partition coefficient (Wildman–Crippen LogP) is 8.46. The standard InChI is InChI=1S/C30H50O/c1-20-21(31)9-10-22-27(20,5)12-11-23-28(22,6)16-18-30(8)24-19-25(2,3)13-14-26(24,4)15-17-29(23,30)7/h20,22-24H,9-19H2,1-8H3/t20-,22+,23-,24-,26-,27-,28+,29+,30+/m0/s1. The van der Waals surface area contributed by atoms with Gasteiger partial charge in [0.1, 0.15) is 5.78 Å². The van der Waals surface area contributed by atoms with Crippen molar-refractivity contribution in [2.75, 3.05) is 0 Å². The molecule has 176 valence electrons. The van der Waals surface area contributed by atoms with Crippen LogP contribution in [-0.2, 0) is 4.79 Å². The second-order valence-electron chi connectivity index (χ2n) is 15.3. The average Bonchev–Trinajstić information content (AvgIpc) is 2.69. The summed E-state index contributed by atoms with van der Waals surface area (Å²) in [5.41, 5.74) is 2.67. The minimum atomic E-state index is 0.237. The monoisotopic (exact) mass is 426 g/mol. The molecule has 1 heteroatoms. The van der Waals surface area contributed by atoms with E-state index in [4.69, 9.17) is 0 Å².